The number of nitrogens with one attached hydrogen (secondary N) is 2. The molecular weight excluding hydrogens is 575 g/mol. The fourth-order valence-corrected chi connectivity index (χ4v) is 4.23. The number of carbonyl (C=O) groups excluding carboxylic acids is 3. The average molecular weight is 601 g/mol. The predicted octanol–water partition coefficient (Wildman–Crippen LogP) is 7.32. The van der Waals surface area contributed by atoms with E-state index in [2.05, 4.69) is 10.6 Å². The number of methoxy groups -OCH3 is 2. The molecule has 0 atom stereocenters. The summed E-state index contributed by atoms with van der Waals surface area (Å²) >= 11 is 12.5. The molecule has 2 amide bonds. The first-order valence-electron chi connectivity index (χ1n) is 12.7. The highest BCUT2D eigenvalue weighted by Crippen LogP contribution is 2.29. The summed E-state index contributed by atoms with van der Waals surface area (Å²) in [6.45, 7) is 0. The predicted molar refractivity (Wildman–Crippen MR) is 166 cm³/mol. The Kier molecular flexibility index (Phi) is 10.2. The van der Waals surface area contributed by atoms with Gasteiger partial charge in [0.2, 0.25) is 0 Å². The molecule has 9 heteroatoms. The zero-order valence-electron chi connectivity index (χ0n) is 22.7. The van der Waals surface area contributed by atoms with E-state index in [1.54, 1.807) is 105 Å². The first-order chi connectivity index (χ1) is 20.3. The Bertz CT molecular complexity index is 1670. The first-order valence-corrected chi connectivity index (χ1v) is 13.4. The lowest BCUT2D eigenvalue weighted by molar-refractivity contribution is -0.113. The lowest BCUT2D eigenvalue weighted by Gasteiger charge is -2.12. The van der Waals surface area contributed by atoms with E-state index in [0.717, 1.165) is 5.56 Å². The molecule has 0 aliphatic heterocycles. The highest BCUT2D eigenvalue weighted by Gasteiger charge is 2.16. The molecule has 4 aromatic rings. The smallest absolute Gasteiger partial charge is 0.272 e. The number of halogens is 2. The molecule has 0 aromatic heterocycles. The Morgan fingerprint density at radius 3 is 2.17 bits per heavy atom. The van der Waals surface area contributed by atoms with Crippen molar-refractivity contribution < 1.29 is 23.9 Å². The number of hydrogen-bond acceptors (Lipinski definition) is 5. The summed E-state index contributed by atoms with van der Waals surface area (Å²) in [5, 5.41) is 5.95. The number of rotatable bonds is 10. The number of ether oxygens (including phenoxy) is 2. The van der Waals surface area contributed by atoms with E-state index in [9.17, 15) is 14.4 Å². The minimum absolute atomic E-state index is 0.0500. The van der Waals surface area contributed by atoms with Crippen molar-refractivity contribution in [1.82, 2.24) is 5.32 Å². The van der Waals surface area contributed by atoms with Gasteiger partial charge >= 0.3 is 0 Å². The van der Waals surface area contributed by atoms with Crippen LogP contribution in [0.2, 0.25) is 10.0 Å². The van der Waals surface area contributed by atoms with E-state index >= 15 is 0 Å². The fourth-order valence-electron chi connectivity index (χ4n) is 3.87. The van der Waals surface area contributed by atoms with Crippen LogP contribution in [0.1, 0.15) is 31.8 Å². The maximum Gasteiger partial charge on any atom is 0.272 e. The second-order valence-electron chi connectivity index (χ2n) is 8.86. The second kappa shape index (κ2) is 14.2. The van der Waals surface area contributed by atoms with Crippen molar-refractivity contribution in [3.05, 3.63) is 135 Å². The van der Waals surface area contributed by atoms with Crippen LogP contribution in [0.5, 0.6) is 11.5 Å². The molecule has 0 aliphatic carbocycles. The second-order valence-corrected chi connectivity index (χ2v) is 9.65. The summed E-state index contributed by atoms with van der Waals surface area (Å²) in [5.74, 6) is -0.154. The molecule has 0 bridgehead atoms. The van der Waals surface area contributed by atoms with Crippen molar-refractivity contribution in [2.75, 3.05) is 19.5 Å². The summed E-state index contributed by atoms with van der Waals surface area (Å²) in [4.78, 5) is 38.9. The Morgan fingerprint density at radius 2 is 1.48 bits per heavy atom. The Hall–Kier alpha value is -4.85. The molecule has 4 rings (SSSR count). The molecule has 0 fully saturated rings. The maximum atomic E-state index is 13.3. The third kappa shape index (κ3) is 7.66. The molecule has 2 N–H and O–H groups in total. The molecule has 0 aliphatic rings. The number of carbonyl (C=O) groups is 3. The standard InChI is InChI=1S/C33H26Cl2N2O5/c1-41-29-18-12-21(19-30(29)42-2)11-17-28(38)22-13-15-25(16-14-22)36-33(40)27(20-24-9-6-10-26(34)31(24)35)37-32(39)23-7-4-3-5-8-23/h3-20H,1-2H3,(H,36,40)(H,37,39)/b17-11+,27-20-. The quantitative estimate of drug-likeness (QED) is 0.147. The molecule has 0 spiro atoms. The van der Waals surface area contributed by atoms with Crippen molar-refractivity contribution in [3.63, 3.8) is 0 Å². The van der Waals surface area contributed by atoms with E-state index < -0.39 is 11.8 Å². The van der Waals surface area contributed by atoms with Crippen LogP contribution in [0.15, 0.2) is 103 Å². The molecule has 0 saturated heterocycles. The SMILES string of the molecule is COc1ccc(/C=C/C(=O)c2ccc(NC(=O)/C(=C/c3cccc(Cl)c3Cl)NC(=O)c3ccccc3)cc2)cc1OC. The molecule has 212 valence electrons. The molecule has 0 saturated carbocycles. The summed E-state index contributed by atoms with van der Waals surface area (Å²) < 4.78 is 10.5. The zero-order chi connectivity index (χ0) is 30.1. The lowest BCUT2D eigenvalue weighted by atomic mass is 10.1. The molecule has 0 unspecified atom stereocenters. The summed E-state index contributed by atoms with van der Waals surface area (Å²) in [7, 11) is 3.09. The number of anilines is 1. The van der Waals surface area contributed by atoms with Gasteiger partial charge in [-0.2, -0.15) is 0 Å². The number of allylic oxidation sites excluding steroid dienone is 1. The minimum atomic E-state index is -0.595. The fraction of sp³-hybridized carbons (Fsp3) is 0.0606. The number of ketones is 1. The topological polar surface area (TPSA) is 93.7 Å². The molecular formula is C33H26Cl2N2O5. The van der Waals surface area contributed by atoms with Crippen molar-refractivity contribution in [3.8, 4) is 11.5 Å². The van der Waals surface area contributed by atoms with Gasteiger partial charge in [-0.15, -0.1) is 0 Å². The van der Waals surface area contributed by atoms with Crippen molar-refractivity contribution in [1.29, 1.82) is 0 Å². The Labute approximate surface area is 253 Å². The van der Waals surface area contributed by atoms with Crippen molar-refractivity contribution in [2.24, 2.45) is 0 Å². The van der Waals surface area contributed by atoms with Crippen LogP contribution in [0, 0.1) is 0 Å². The van der Waals surface area contributed by atoms with Gasteiger partial charge in [0.1, 0.15) is 5.70 Å². The van der Waals surface area contributed by atoms with Gasteiger partial charge in [0.25, 0.3) is 11.8 Å². The van der Waals surface area contributed by atoms with Gasteiger partial charge in [-0.1, -0.05) is 65.7 Å². The molecule has 0 heterocycles. The zero-order valence-corrected chi connectivity index (χ0v) is 24.2. The molecule has 42 heavy (non-hydrogen) atoms. The summed E-state index contributed by atoms with van der Waals surface area (Å²) in [6, 6.07) is 25.2. The highest BCUT2D eigenvalue weighted by atomic mass is 35.5. The van der Waals surface area contributed by atoms with Gasteiger partial charge in [-0.3, -0.25) is 14.4 Å². The van der Waals surface area contributed by atoms with Crippen LogP contribution in [0.4, 0.5) is 5.69 Å². The summed E-state index contributed by atoms with van der Waals surface area (Å²) in [5.41, 5.74) is 2.37. The van der Waals surface area contributed by atoms with E-state index in [4.69, 9.17) is 32.7 Å². The van der Waals surface area contributed by atoms with Crippen LogP contribution in [0.25, 0.3) is 12.2 Å². The van der Waals surface area contributed by atoms with E-state index in [-0.39, 0.29) is 16.5 Å². The maximum absolute atomic E-state index is 13.3. The van der Waals surface area contributed by atoms with E-state index in [1.807, 2.05) is 6.07 Å². The van der Waals surface area contributed by atoms with Gasteiger partial charge in [-0.05, 0) is 77.9 Å². The number of amides is 2. The van der Waals surface area contributed by atoms with Gasteiger partial charge in [0, 0.05) is 16.8 Å². The number of hydrogen-bond donors (Lipinski definition) is 2. The van der Waals surface area contributed by atoms with Crippen LogP contribution < -0.4 is 20.1 Å². The van der Waals surface area contributed by atoms with Crippen LogP contribution in [-0.4, -0.2) is 31.8 Å². The van der Waals surface area contributed by atoms with Gasteiger partial charge in [0.05, 0.1) is 24.3 Å². The van der Waals surface area contributed by atoms with Gasteiger partial charge in [0.15, 0.2) is 17.3 Å². The Balaban J connectivity index is 1.50. The Morgan fingerprint density at radius 1 is 0.762 bits per heavy atom. The number of benzene rings is 4. The van der Waals surface area contributed by atoms with Crippen molar-refractivity contribution >= 4 is 58.6 Å². The summed E-state index contributed by atoms with van der Waals surface area (Å²) in [6.07, 6.45) is 4.57. The van der Waals surface area contributed by atoms with Gasteiger partial charge in [-0.25, -0.2) is 0 Å². The van der Waals surface area contributed by atoms with Crippen LogP contribution in [0.3, 0.4) is 0 Å². The van der Waals surface area contributed by atoms with E-state index in [0.29, 0.717) is 38.9 Å². The van der Waals surface area contributed by atoms with Crippen LogP contribution >= 0.6 is 23.2 Å². The van der Waals surface area contributed by atoms with Gasteiger partial charge < -0.3 is 20.1 Å². The first kappa shape index (κ1) is 30.1. The van der Waals surface area contributed by atoms with Crippen LogP contribution in [-0.2, 0) is 4.79 Å². The third-order valence-electron chi connectivity index (χ3n) is 6.07. The molecule has 7 nitrogen and oxygen atoms in total. The third-order valence-corrected chi connectivity index (χ3v) is 6.91. The average Bonchev–Trinajstić information content (AvgIpc) is 3.02. The minimum Gasteiger partial charge on any atom is -0.493 e. The normalized spacial score (nSPS) is 11.2. The lowest BCUT2D eigenvalue weighted by Crippen LogP contribution is -2.30. The molecule has 4 aromatic carbocycles. The monoisotopic (exact) mass is 600 g/mol. The largest absolute Gasteiger partial charge is 0.493 e. The molecule has 0 radical (unpaired) electrons. The highest BCUT2D eigenvalue weighted by molar-refractivity contribution is 6.43. The van der Waals surface area contributed by atoms with Crippen molar-refractivity contribution in [2.45, 2.75) is 0 Å². The van der Waals surface area contributed by atoms with E-state index in [1.165, 1.54) is 12.2 Å².